The fourth-order valence-electron chi connectivity index (χ4n) is 8.88. The summed E-state index contributed by atoms with van der Waals surface area (Å²) in [6.07, 6.45) is 3.64. The maximum atomic E-state index is 13.3. The maximum Gasteiger partial charge on any atom is 0.330 e. The first-order valence-corrected chi connectivity index (χ1v) is 19.4. The molecule has 8 rings (SSSR count). The number of aromatic nitrogens is 4. The third kappa shape index (κ3) is 6.41. The van der Waals surface area contributed by atoms with Crippen LogP contribution in [0.2, 0.25) is 5.02 Å². The van der Waals surface area contributed by atoms with Gasteiger partial charge in [0.25, 0.3) is 5.56 Å². The number of aryl methyl sites for hydroxylation is 3. The lowest BCUT2D eigenvalue weighted by Gasteiger charge is -2.40. The van der Waals surface area contributed by atoms with Crippen molar-refractivity contribution >= 4 is 40.0 Å². The highest BCUT2D eigenvalue weighted by Gasteiger charge is 2.46. The van der Waals surface area contributed by atoms with E-state index in [0.717, 1.165) is 89.1 Å². The molecule has 1 spiro atoms. The van der Waals surface area contributed by atoms with Gasteiger partial charge in [0.1, 0.15) is 11.2 Å². The van der Waals surface area contributed by atoms with Crippen LogP contribution in [0.5, 0.6) is 5.88 Å². The fourth-order valence-corrected chi connectivity index (χ4v) is 9.21. The number of nitrogens with zero attached hydrogens (tertiary/aromatic N) is 6. The van der Waals surface area contributed by atoms with Crippen molar-refractivity contribution in [1.29, 1.82) is 0 Å². The zero-order chi connectivity index (χ0) is 39.5. The van der Waals surface area contributed by atoms with Gasteiger partial charge in [-0.15, -0.1) is 0 Å². The van der Waals surface area contributed by atoms with Crippen molar-refractivity contribution in [3.63, 3.8) is 0 Å². The molecular formula is C42H47ClN8O5. The molecule has 2 atom stereocenters. The van der Waals surface area contributed by atoms with Gasteiger partial charge in [0, 0.05) is 81.5 Å². The van der Waals surface area contributed by atoms with Crippen LogP contribution in [0.3, 0.4) is 0 Å². The Bertz CT molecular complexity index is 2520. The molecule has 2 unspecified atom stereocenters. The third-order valence-corrected chi connectivity index (χ3v) is 12.4. The molecular weight excluding hydrogens is 732 g/mol. The first-order chi connectivity index (χ1) is 26.9. The number of methoxy groups -OCH3 is 2. The minimum Gasteiger partial charge on any atom is -0.481 e. The second-order valence-corrected chi connectivity index (χ2v) is 15.7. The monoisotopic (exact) mass is 778 g/mol. The molecule has 2 N–H and O–H groups in total. The number of fused-ring (bicyclic) bond motifs is 2. The van der Waals surface area contributed by atoms with E-state index >= 15 is 0 Å². The van der Waals surface area contributed by atoms with Crippen LogP contribution in [-0.4, -0.2) is 87.5 Å². The van der Waals surface area contributed by atoms with Gasteiger partial charge in [-0.25, -0.2) is 19.6 Å². The quantitative estimate of drug-likeness (QED) is 0.188. The Kier molecular flexibility index (Phi) is 9.88. The minimum atomic E-state index is -0.418. The van der Waals surface area contributed by atoms with Gasteiger partial charge in [0.05, 0.1) is 35.5 Å². The van der Waals surface area contributed by atoms with Crippen LogP contribution < -0.4 is 26.6 Å². The Hall–Kier alpha value is -5.24. The van der Waals surface area contributed by atoms with Gasteiger partial charge in [-0.1, -0.05) is 41.9 Å². The van der Waals surface area contributed by atoms with Crippen LogP contribution >= 0.6 is 11.6 Å². The van der Waals surface area contributed by atoms with Gasteiger partial charge in [-0.05, 0) is 74.4 Å². The number of benzene rings is 2. The summed E-state index contributed by atoms with van der Waals surface area (Å²) in [5, 5.41) is 7.65. The Labute approximate surface area is 330 Å². The lowest BCUT2D eigenvalue weighted by atomic mass is 9.92. The molecule has 13 nitrogen and oxygen atoms in total. The predicted molar refractivity (Wildman–Crippen MR) is 218 cm³/mol. The summed E-state index contributed by atoms with van der Waals surface area (Å²) >= 11 is 7.30. The SMILES string of the molecule is COCCN1CCC2(CCN(C3CCc4cc(-c5cccc(-c6cccc(Nc7nc(C)cc8c7c(=O)n(C)c(=O)n8C)c6C)c5Cl)nc(OC)c43)C2)NC1=O. The van der Waals surface area contributed by atoms with Crippen LogP contribution in [-0.2, 0) is 25.3 Å². The number of hydrogen-bond donors (Lipinski definition) is 2. The van der Waals surface area contributed by atoms with Crippen LogP contribution in [0.25, 0.3) is 33.3 Å². The summed E-state index contributed by atoms with van der Waals surface area (Å²) in [5.41, 5.74) is 7.39. The number of urea groups is 1. The summed E-state index contributed by atoms with van der Waals surface area (Å²) in [6, 6.07) is 15.9. The van der Waals surface area contributed by atoms with Crippen LogP contribution in [0, 0.1) is 13.8 Å². The summed E-state index contributed by atoms with van der Waals surface area (Å²) in [5.74, 6) is 0.978. The lowest BCUT2D eigenvalue weighted by Crippen LogP contribution is -2.61. The molecule has 292 valence electrons. The van der Waals surface area contributed by atoms with Crippen molar-refractivity contribution in [3.05, 3.63) is 96.8 Å². The van der Waals surface area contributed by atoms with Crippen molar-refractivity contribution in [1.82, 2.24) is 34.2 Å². The molecule has 0 bridgehead atoms. The fraction of sp³-hybridized carbons (Fsp3) is 0.405. The number of amides is 2. The highest BCUT2D eigenvalue weighted by molar-refractivity contribution is 6.36. The molecule has 2 aromatic carbocycles. The molecule has 0 saturated carbocycles. The van der Waals surface area contributed by atoms with E-state index in [2.05, 4.69) is 26.6 Å². The highest BCUT2D eigenvalue weighted by atomic mass is 35.5. The number of carbonyl (C=O) groups excluding carboxylic acids is 1. The van der Waals surface area contributed by atoms with Crippen molar-refractivity contribution in [2.24, 2.45) is 14.1 Å². The molecule has 14 heteroatoms. The second-order valence-electron chi connectivity index (χ2n) is 15.3. The van der Waals surface area contributed by atoms with Crippen molar-refractivity contribution in [2.75, 3.05) is 52.3 Å². The van der Waals surface area contributed by atoms with E-state index in [9.17, 15) is 14.4 Å². The van der Waals surface area contributed by atoms with Crippen LogP contribution in [0.4, 0.5) is 16.3 Å². The van der Waals surface area contributed by atoms with Crippen molar-refractivity contribution in [3.8, 4) is 28.3 Å². The van der Waals surface area contributed by atoms with E-state index in [1.807, 2.05) is 55.1 Å². The third-order valence-electron chi connectivity index (χ3n) is 12.0. The summed E-state index contributed by atoms with van der Waals surface area (Å²) in [4.78, 5) is 53.1. The highest BCUT2D eigenvalue weighted by Crippen LogP contribution is 2.47. The summed E-state index contributed by atoms with van der Waals surface area (Å²) < 4.78 is 13.8. The molecule has 5 heterocycles. The van der Waals surface area contributed by atoms with E-state index in [0.29, 0.717) is 46.5 Å². The van der Waals surface area contributed by atoms with Gasteiger partial charge in [-0.2, -0.15) is 0 Å². The molecule has 2 fully saturated rings. The Morgan fingerprint density at radius 1 is 0.964 bits per heavy atom. The largest absolute Gasteiger partial charge is 0.481 e. The zero-order valence-electron chi connectivity index (χ0n) is 32.7. The zero-order valence-corrected chi connectivity index (χ0v) is 33.4. The van der Waals surface area contributed by atoms with E-state index in [-0.39, 0.29) is 17.6 Å². The molecule has 0 radical (unpaired) electrons. The average Bonchev–Trinajstić information content (AvgIpc) is 3.80. The standard InChI is InChI=1S/C42H47ClN8O5/c1-24-21-33-35(39(52)49(4)41(54)48(33)3)37(44-24)45-30-12-8-9-27(25(30)2)28-10-7-11-29(36(28)43)31-22-26-13-14-32(34(26)38(46-31)56-6)51-18-16-42(23-51)15-17-50(19-20-55-5)40(53)47-42/h7-12,21-22,32H,13-20,23H2,1-6H3,(H,44,45)(H,47,53). The van der Waals surface area contributed by atoms with Gasteiger partial charge in [0.15, 0.2) is 0 Å². The van der Waals surface area contributed by atoms with E-state index < -0.39 is 11.2 Å². The van der Waals surface area contributed by atoms with Crippen LogP contribution in [0.1, 0.15) is 47.7 Å². The number of halogens is 1. The number of likely N-dealkylation sites (tertiary alicyclic amines) is 1. The van der Waals surface area contributed by atoms with E-state index in [4.69, 9.17) is 26.1 Å². The number of nitrogens with one attached hydrogen (secondary N) is 2. The topological polar surface area (TPSA) is 136 Å². The number of rotatable bonds is 9. The molecule has 56 heavy (non-hydrogen) atoms. The molecule has 1 aliphatic carbocycles. The Morgan fingerprint density at radius 2 is 1.71 bits per heavy atom. The second kappa shape index (κ2) is 14.7. The molecule has 2 aliphatic heterocycles. The van der Waals surface area contributed by atoms with Gasteiger partial charge < -0.3 is 25.0 Å². The van der Waals surface area contributed by atoms with Crippen molar-refractivity contribution in [2.45, 2.75) is 51.1 Å². The first kappa shape index (κ1) is 37.7. The average molecular weight is 779 g/mol. The smallest absolute Gasteiger partial charge is 0.330 e. The maximum absolute atomic E-state index is 13.3. The van der Waals surface area contributed by atoms with Gasteiger partial charge in [0.2, 0.25) is 5.88 Å². The molecule has 5 aromatic rings. The predicted octanol–water partition coefficient (Wildman–Crippen LogP) is 5.88. The summed E-state index contributed by atoms with van der Waals surface area (Å²) in [7, 11) is 6.45. The number of ether oxygens (including phenoxy) is 2. The van der Waals surface area contributed by atoms with Crippen molar-refractivity contribution < 1.29 is 14.3 Å². The number of pyridine rings is 2. The van der Waals surface area contributed by atoms with Crippen LogP contribution in [0.15, 0.2) is 58.1 Å². The molecule has 3 aliphatic rings. The summed E-state index contributed by atoms with van der Waals surface area (Å²) in [6.45, 7) is 7.37. The first-order valence-electron chi connectivity index (χ1n) is 19.0. The number of anilines is 2. The molecule has 3 aromatic heterocycles. The van der Waals surface area contributed by atoms with E-state index in [1.165, 1.54) is 17.2 Å². The van der Waals surface area contributed by atoms with E-state index in [1.54, 1.807) is 27.3 Å². The number of hydrogen-bond acceptors (Lipinski definition) is 9. The molecule has 2 saturated heterocycles. The number of carbonyl (C=O) groups is 1. The molecule has 2 amide bonds. The minimum absolute atomic E-state index is 0.0127. The van der Waals surface area contributed by atoms with Gasteiger partial charge in [-0.3, -0.25) is 18.8 Å². The Morgan fingerprint density at radius 3 is 2.48 bits per heavy atom. The normalized spacial score (nSPS) is 19.5. The Balaban J connectivity index is 1.08. The van der Waals surface area contributed by atoms with Gasteiger partial charge >= 0.3 is 11.7 Å². The lowest BCUT2D eigenvalue weighted by molar-refractivity contribution is 0.114.